The highest BCUT2D eigenvalue weighted by Gasteiger charge is 2.11. The average molecular weight is 291 g/mol. The molecule has 2 atom stereocenters. The van der Waals surface area contributed by atoms with Crippen molar-refractivity contribution in [1.82, 2.24) is 5.32 Å². The van der Waals surface area contributed by atoms with Gasteiger partial charge in [0, 0.05) is 0 Å². The zero-order chi connectivity index (χ0) is 15.5. The Labute approximate surface area is 131 Å². The van der Waals surface area contributed by atoms with E-state index >= 15 is 0 Å². The lowest BCUT2D eigenvalue weighted by Gasteiger charge is -2.20. The predicted molar refractivity (Wildman–Crippen MR) is 91.8 cm³/mol. The van der Waals surface area contributed by atoms with Gasteiger partial charge in [0.1, 0.15) is 0 Å². The van der Waals surface area contributed by atoms with Crippen LogP contribution in [0.2, 0.25) is 0 Å². The molecule has 2 unspecified atom stereocenters. The minimum absolute atomic E-state index is 0.286. The molecule has 0 amide bonds. The van der Waals surface area contributed by atoms with Crippen LogP contribution < -0.4 is 5.32 Å². The van der Waals surface area contributed by atoms with Crippen LogP contribution in [0.15, 0.2) is 24.3 Å². The number of ether oxygens (including phenoxy) is 1. The van der Waals surface area contributed by atoms with Gasteiger partial charge in [0.05, 0.1) is 18.8 Å². The molecular formula is C19H33NO. The SMILES string of the molecule is CCCCCCC(C)OCC(NC)c1ccc(CC)cc1. The lowest BCUT2D eigenvalue weighted by atomic mass is 10.0. The number of benzene rings is 1. The zero-order valence-electron chi connectivity index (χ0n) is 14.3. The number of hydrogen-bond donors (Lipinski definition) is 1. The number of rotatable bonds is 11. The van der Waals surface area contributed by atoms with Crippen LogP contribution in [0.1, 0.15) is 70.0 Å². The Kier molecular flexibility index (Phi) is 9.36. The smallest absolute Gasteiger partial charge is 0.0665 e. The summed E-state index contributed by atoms with van der Waals surface area (Å²) in [6.45, 7) is 7.38. The molecule has 0 aliphatic heterocycles. The first-order chi connectivity index (χ1) is 10.2. The molecule has 0 saturated heterocycles. The van der Waals surface area contributed by atoms with E-state index in [9.17, 15) is 0 Å². The van der Waals surface area contributed by atoms with E-state index in [2.05, 4.69) is 50.4 Å². The normalized spacial score (nSPS) is 14.1. The maximum absolute atomic E-state index is 6.02. The second-order valence-corrected chi connectivity index (χ2v) is 5.93. The molecular weight excluding hydrogens is 258 g/mol. The van der Waals surface area contributed by atoms with E-state index in [0.717, 1.165) is 13.0 Å². The highest BCUT2D eigenvalue weighted by molar-refractivity contribution is 5.25. The summed E-state index contributed by atoms with van der Waals surface area (Å²) in [4.78, 5) is 0. The molecule has 2 nitrogen and oxygen atoms in total. The fourth-order valence-electron chi connectivity index (χ4n) is 2.53. The van der Waals surface area contributed by atoms with Gasteiger partial charge >= 0.3 is 0 Å². The molecule has 1 aromatic carbocycles. The minimum atomic E-state index is 0.286. The van der Waals surface area contributed by atoms with Crippen molar-refractivity contribution in [1.29, 1.82) is 0 Å². The Hall–Kier alpha value is -0.860. The largest absolute Gasteiger partial charge is 0.377 e. The molecule has 0 spiro atoms. The van der Waals surface area contributed by atoms with E-state index in [-0.39, 0.29) is 6.04 Å². The minimum Gasteiger partial charge on any atom is -0.377 e. The van der Waals surface area contributed by atoms with Gasteiger partial charge in [0.2, 0.25) is 0 Å². The quantitative estimate of drug-likeness (QED) is 0.586. The standard InChI is InChI=1S/C19H33NO/c1-5-7-8-9-10-16(3)21-15-19(20-4)18-13-11-17(6-2)12-14-18/h11-14,16,19-20H,5-10,15H2,1-4H3. The lowest BCUT2D eigenvalue weighted by molar-refractivity contribution is 0.0441. The van der Waals surface area contributed by atoms with Crippen molar-refractivity contribution in [3.63, 3.8) is 0 Å². The van der Waals surface area contributed by atoms with Gasteiger partial charge in [0.15, 0.2) is 0 Å². The first-order valence-electron chi connectivity index (χ1n) is 8.58. The first-order valence-corrected chi connectivity index (χ1v) is 8.58. The highest BCUT2D eigenvalue weighted by Crippen LogP contribution is 2.16. The number of hydrogen-bond acceptors (Lipinski definition) is 2. The summed E-state index contributed by atoms with van der Waals surface area (Å²) >= 11 is 0. The van der Waals surface area contributed by atoms with Gasteiger partial charge in [-0.1, -0.05) is 63.8 Å². The summed E-state index contributed by atoms with van der Waals surface area (Å²) in [5.41, 5.74) is 2.70. The number of likely N-dealkylation sites (N-methyl/N-ethyl adjacent to an activating group) is 1. The molecule has 0 aromatic heterocycles. The van der Waals surface area contributed by atoms with Crippen LogP contribution >= 0.6 is 0 Å². The maximum Gasteiger partial charge on any atom is 0.0665 e. The fraction of sp³-hybridized carbons (Fsp3) is 0.684. The summed E-state index contributed by atoms with van der Waals surface area (Å²) in [5, 5.41) is 3.36. The van der Waals surface area contributed by atoms with Crippen molar-refractivity contribution < 1.29 is 4.74 Å². The Morgan fingerprint density at radius 1 is 1.05 bits per heavy atom. The molecule has 1 N–H and O–H groups in total. The van der Waals surface area contributed by atoms with Crippen LogP contribution in [-0.4, -0.2) is 19.8 Å². The van der Waals surface area contributed by atoms with E-state index in [1.807, 2.05) is 7.05 Å². The van der Waals surface area contributed by atoms with Crippen molar-refractivity contribution in [2.45, 2.75) is 71.4 Å². The third-order valence-corrected chi connectivity index (χ3v) is 4.15. The third kappa shape index (κ3) is 7.10. The van der Waals surface area contributed by atoms with Gasteiger partial charge in [-0.3, -0.25) is 0 Å². The summed E-state index contributed by atoms with van der Waals surface area (Å²) in [6.07, 6.45) is 7.87. The van der Waals surface area contributed by atoms with Gasteiger partial charge in [-0.25, -0.2) is 0 Å². The molecule has 1 aromatic rings. The van der Waals surface area contributed by atoms with Gasteiger partial charge in [-0.15, -0.1) is 0 Å². The molecule has 0 aliphatic carbocycles. The first kappa shape index (κ1) is 18.2. The number of nitrogens with one attached hydrogen (secondary N) is 1. The summed E-state index contributed by atoms with van der Waals surface area (Å²) < 4.78 is 6.02. The Bertz CT molecular complexity index is 360. The molecule has 120 valence electrons. The second kappa shape index (κ2) is 10.8. The Balaban J connectivity index is 2.35. The van der Waals surface area contributed by atoms with Crippen molar-refractivity contribution in [3.8, 4) is 0 Å². The van der Waals surface area contributed by atoms with Crippen LogP contribution in [0, 0.1) is 0 Å². The molecule has 0 bridgehead atoms. The molecule has 0 heterocycles. The molecule has 0 radical (unpaired) electrons. The van der Waals surface area contributed by atoms with Gasteiger partial charge in [-0.2, -0.15) is 0 Å². The molecule has 0 fully saturated rings. The maximum atomic E-state index is 6.02. The van der Waals surface area contributed by atoms with E-state index in [0.29, 0.717) is 6.10 Å². The van der Waals surface area contributed by atoms with Crippen molar-refractivity contribution in [3.05, 3.63) is 35.4 Å². The molecule has 21 heavy (non-hydrogen) atoms. The average Bonchev–Trinajstić information content (AvgIpc) is 2.52. The summed E-state index contributed by atoms with van der Waals surface area (Å²) in [6, 6.07) is 9.15. The van der Waals surface area contributed by atoms with Crippen molar-refractivity contribution in [2.75, 3.05) is 13.7 Å². The molecule has 0 saturated carbocycles. The molecule has 2 heteroatoms. The van der Waals surface area contributed by atoms with Crippen LogP contribution in [0.25, 0.3) is 0 Å². The van der Waals surface area contributed by atoms with Gasteiger partial charge < -0.3 is 10.1 Å². The van der Waals surface area contributed by atoms with Gasteiger partial charge in [-0.05, 0) is 37.9 Å². The Morgan fingerprint density at radius 3 is 2.33 bits per heavy atom. The summed E-state index contributed by atoms with van der Waals surface area (Å²) in [5.74, 6) is 0. The van der Waals surface area contributed by atoms with E-state index in [1.54, 1.807) is 0 Å². The summed E-state index contributed by atoms with van der Waals surface area (Å²) in [7, 11) is 2.01. The van der Waals surface area contributed by atoms with Crippen LogP contribution in [0.4, 0.5) is 0 Å². The number of unbranched alkanes of at least 4 members (excludes halogenated alkanes) is 3. The van der Waals surface area contributed by atoms with Crippen molar-refractivity contribution >= 4 is 0 Å². The lowest BCUT2D eigenvalue weighted by Crippen LogP contribution is -2.24. The Morgan fingerprint density at radius 2 is 1.76 bits per heavy atom. The van der Waals surface area contributed by atoms with Crippen molar-refractivity contribution in [2.24, 2.45) is 0 Å². The van der Waals surface area contributed by atoms with E-state index in [1.165, 1.54) is 43.2 Å². The van der Waals surface area contributed by atoms with E-state index < -0.39 is 0 Å². The van der Waals surface area contributed by atoms with Gasteiger partial charge in [0.25, 0.3) is 0 Å². The van der Waals surface area contributed by atoms with Crippen LogP contribution in [0.5, 0.6) is 0 Å². The highest BCUT2D eigenvalue weighted by atomic mass is 16.5. The third-order valence-electron chi connectivity index (χ3n) is 4.15. The van der Waals surface area contributed by atoms with Crippen LogP contribution in [-0.2, 0) is 11.2 Å². The zero-order valence-corrected chi connectivity index (χ0v) is 14.3. The monoisotopic (exact) mass is 291 g/mol. The van der Waals surface area contributed by atoms with Crippen LogP contribution in [0.3, 0.4) is 0 Å². The molecule has 0 aliphatic rings. The molecule has 1 rings (SSSR count). The predicted octanol–water partition coefficient (Wildman–Crippen LogP) is 4.89. The second-order valence-electron chi connectivity index (χ2n) is 5.93. The topological polar surface area (TPSA) is 21.3 Å². The number of aryl methyl sites for hydroxylation is 1. The van der Waals surface area contributed by atoms with E-state index in [4.69, 9.17) is 4.74 Å². The fourth-order valence-corrected chi connectivity index (χ4v) is 2.53.